The Labute approximate surface area is 162 Å². The SMILES string of the molecule is Cc1cc2c(Nc3ccc4c(c3)C(=O)N(C)C4)nc(N3CCOCC3)nc2[nH]1. The van der Waals surface area contributed by atoms with E-state index >= 15 is 0 Å². The monoisotopic (exact) mass is 378 g/mol. The Balaban J connectivity index is 1.54. The van der Waals surface area contributed by atoms with Crippen molar-refractivity contribution in [2.75, 3.05) is 43.6 Å². The average molecular weight is 378 g/mol. The van der Waals surface area contributed by atoms with Crippen LogP contribution in [0, 0.1) is 6.92 Å². The van der Waals surface area contributed by atoms with Crippen molar-refractivity contribution in [2.45, 2.75) is 13.5 Å². The van der Waals surface area contributed by atoms with Gasteiger partial charge < -0.3 is 24.8 Å². The second kappa shape index (κ2) is 6.49. The van der Waals surface area contributed by atoms with E-state index in [2.05, 4.69) is 15.2 Å². The molecule has 1 fully saturated rings. The molecule has 2 N–H and O–H groups in total. The van der Waals surface area contributed by atoms with Gasteiger partial charge in [0, 0.05) is 43.6 Å². The van der Waals surface area contributed by atoms with E-state index in [0.29, 0.717) is 25.7 Å². The first-order chi connectivity index (χ1) is 13.6. The Bertz CT molecular complexity index is 1070. The third-order valence-corrected chi connectivity index (χ3v) is 5.26. The molecule has 1 aromatic carbocycles. The summed E-state index contributed by atoms with van der Waals surface area (Å²) in [5.74, 6) is 1.46. The molecule has 8 heteroatoms. The highest BCUT2D eigenvalue weighted by Crippen LogP contribution is 2.30. The summed E-state index contributed by atoms with van der Waals surface area (Å²) in [6, 6.07) is 7.94. The Kier molecular flexibility index (Phi) is 3.94. The predicted octanol–water partition coefficient (Wildman–Crippen LogP) is 2.43. The fourth-order valence-electron chi connectivity index (χ4n) is 3.79. The van der Waals surface area contributed by atoms with Crippen molar-refractivity contribution in [2.24, 2.45) is 0 Å². The summed E-state index contributed by atoms with van der Waals surface area (Å²) in [5.41, 5.74) is 4.47. The van der Waals surface area contributed by atoms with Crippen LogP contribution in [0.1, 0.15) is 21.6 Å². The van der Waals surface area contributed by atoms with Gasteiger partial charge >= 0.3 is 0 Å². The maximum Gasteiger partial charge on any atom is 0.254 e. The lowest BCUT2D eigenvalue weighted by Crippen LogP contribution is -2.37. The summed E-state index contributed by atoms with van der Waals surface area (Å²) in [7, 11) is 1.82. The van der Waals surface area contributed by atoms with Gasteiger partial charge in [-0.25, -0.2) is 0 Å². The summed E-state index contributed by atoms with van der Waals surface area (Å²) in [6.07, 6.45) is 0. The van der Waals surface area contributed by atoms with Crippen molar-refractivity contribution < 1.29 is 9.53 Å². The van der Waals surface area contributed by atoms with E-state index in [0.717, 1.165) is 52.4 Å². The quantitative estimate of drug-likeness (QED) is 0.728. The predicted molar refractivity (Wildman–Crippen MR) is 107 cm³/mol. The van der Waals surface area contributed by atoms with Crippen LogP contribution in [0.4, 0.5) is 17.5 Å². The number of benzene rings is 1. The molecule has 0 spiro atoms. The lowest BCUT2D eigenvalue weighted by Gasteiger charge is -2.27. The molecule has 1 amide bonds. The first-order valence-corrected chi connectivity index (χ1v) is 9.44. The zero-order valence-electron chi connectivity index (χ0n) is 16.0. The second-order valence-corrected chi connectivity index (χ2v) is 7.34. The summed E-state index contributed by atoms with van der Waals surface area (Å²) >= 11 is 0. The number of amides is 1. The van der Waals surface area contributed by atoms with E-state index in [1.807, 2.05) is 38.2 Å². The highest BCUT2D eigenvalue weighted by atomic mass is 16.5. The molecule has 3 aromatic rings. The van der Waals surface area contributed by atoms with Gasteiger partial charge in [-0.3, -0.25) is 4.79 Å². The number of hydrogen-bond acceptors (Lipinski definition) is 6. The molecule has 0 radical (unpaired) electrons. The number of aromatic amines is 1. The molecule has 2 aromatic heterocycles. The summed E-state index contributed by atoms with van der Waals surface area (Å²) < 4.78 is 5.44. The van der Waals surface area contributed by atoms with E-state index in [1.54, 1.807) is 4.90 Å². The Morgan fingerprint density at radius 1 is 1.18 bits per heavy atom. The molecule has 2 aliphatic heterocycles. The van der Waals surface area contributed by atoms with Crippen molar-refractivity contribution in [3.05, 3.63) is 41.1 Å². The number of nitrogens with zero attached hydrogens (tertiary/aromatic N) is 4. The molecule has 5 rings (SSSR count). The molecule has 0 atom stereocenters. The van der Waals surface area contributed by atoms with Crippen LogP contribution in [0.5, 0.6) is 0 Å². The summed E-state index contributed by atoms with van der Waals surface area (Å²) in [4.78, 5) is 29.0. The second-order valence-electron chi connectivity index (χ2n) is 7.34. The lowest BCUT2D eigenvalue weighted by molar-refractivity contribution is 0.0816. The van der Waals surface area contributed by atoms with Gasteiger partial charge in [0.25, 0.3) is 5.91 Å². The number of ether oxygens (including phenoxy) is 1. The van der Waals surface area contributed by atoms with Crippen molar-refractivity contribution in [3.8, 4) is 0 Å². The topological polar surface area (TPSA) is 86.4 Å². The largest absolute Gasteiger partial charge is 0.378 e. The molecule has 0 bridgehead atoms. The fraction of sp³-hybridized carbons (Fsp3) is 0.350. The van der Waals surface area contributed by atoms with Gasteiger partial charge in [0.05, 0.1) is 18.6 Å². The van der Waals surface area contributed by atoms with Crippen LogP contribution in [0.3, 0.4) is 0 Å². The highest BCUT2D eigenvalue weighted by Gasteiger charge is 2.25. The van der Waals surface area contributed by atoms with Gasteiger partial charge in [-0.1, -0.05) is 6.07 Å². The summed E-state index contributed by atoms with van der Waals surface area (Å²) in [5, 5.41) is 4.33. The number of hydrogen-bond donors (Lipinski definition) is 2. The molecule has 1 saturated heterocycles. The van der Waals surface area contributed by atoms with Gasteiger partial charge in [-0.2, -0.15) is 9.97 Å². The van der Waals surface area contributed by atoms with Gasteiger partial charge in [0.1, 0.15) is 11.5 Å². The molecular formula is C20H22N6O2. The van der Waals surface area contributed by atoms with Gasteiger partial charge in [-0.05, 0) is 30.7 Å². The zero-order valence-corrected chi connectivity index (χ0v) is 16.0. The number of fused-ring (bicyclic) bond motifs is 2. The lowest BCUT2D eigenvalue weighted by atomic mass is 10.1. The number of aromatic nitrogens is 3. The minimum absolute atomic E-state index is 0.0537. The van der Waals surface area contributed by atoms with Crippen LogP contribution in [-0.4, -0.2) is 59.1 Å². The van der Waals surface area contributed by atoms with Gasteiger partial charge in [-0.15, -0.1) is 0 Å². The van der Waals surface area contributed by atoms with E-state index in [1.165, 1.54) is 0 Å². The number of H-pyrrole nitrogens is 1. The van der Waals surface area contributed by atoms with E-state index in [4.69, 9.17) is 14.7 Å². The van der Waals surface area contributed by atoms with Crippen LogP contribution in [0.2, 0.25) is 0 Å². The van der Waals surface area contributed by atoms with Crippen molar-refractivity contribution in [1.82, 2.24) is 19.9 Å². The van der Waals surface area contributed by atoms with Crippen molar-refractivity contribution in [1.29, 1.82) is 0 Å². The number of aryl methyl sites for hydroxylation is 1. The van der Waals surface area contributed by atoms with Crippen LogP contribution < -0.4 is 10.2 Å². The van der Waals surface area contributed by atoms with Crippen LogP contribution in [-0.2, 0) is 11.3 Å². The molecule has 28 heavy (non-hydrogen) atoms. The standard InChI is InChI=1S/C20H22N6O2/c1-12-9-16-17(21-12)23-20(26-5-7-28-8-6-26)24-18(16)22-14-4-3-13-11-25(2)19(27)15(13)10-14/h3-4,9-10H,5-8,11H2,1-2H3,(H2,21,22,23,24). The van der Waals surface area contributed by atoms with Crippen molar-refractivity contribution >= 4 is 34.4 Å². The minimum atomic E-state index is 0.0537. The first kappa shape index (κ1) is 17.0. The molecule has 4 heterocycles. The third kappa shape index (κ3) is 2.86. The molecule has 0 aliphatic carbocycles. The maximum absolute atomic E-state index is 12.3. The number of nitrogens with one attached hydrogen (secondary N) is 2. The number of carbonyl (C=O) groups is 1. The molecule has 2 aliphatic rings. The molecule has 144 valence electrons. The zero-order chi connectivity index (χ0) is 19.3. The molecule has 0 saturated carbocycles. The summed E-state index contributed by atoms with van der Waals surface area (Å²) in [6.45, 7) is 5.55. The third-order valence-electron chi connectivity index (χ3n) is 5.26. The molecule has 8 nitrogen and oxygen atoms in total. The molecule has 0 unspecified atom stereocenters. The average Bonchev–Trinajstić information content (AvgIpc) is 3.22. The Hall–Kier alpha value is -3.13. The van der Waals surface area contributed by atoms with E-state index in [9.17, 15) is 4.79 Å². The minimum Gasteiger partial charge on any atom is -0.378 e. The first-order valence-electron chi connectivity index (χ1n) is 9.44. The maximum atomic E-state index is 12.3. The van der Waals surface area contributed by atoms with Crippen molar-refractivity contribution in [3.63, 3.8) is 0 Å². The number of rotatable bonds is 3. The van der Waals surface area contributed by atoms with Gasteiger partial charge in [0.2, 0.25) is 5.95 Å². The fourth-order valence-corrected chi connectivity index (χ4v) is 3.79. The van der Waals surface area contributed by atoms with Crippen LogP contribution in [0.15, 0.2) is 24.3 Å². The molecular weight excluding hydrogens is 356 g/mol. The van der Waals surface area contributed by atoms with Crippen LogP contribution in [0.25, 0.3) is 11.0 Å². The van der Waals surface area contributed by atoms with Gasteiger partial charge in [0.15, 0.2) is 0 Å². The normalized spacial score (nSPS) is 16.7. The Morgan fingerprint density at radius 2 is 2.00 bits per heavy atom. The Morgan fingerprint density at radius 3 is 2.82 bits per heavy atom. The van der Waals surface area contributed by atoms with E-state index < -0.39 is 0 Å². The smallest absolute Gasteiger partial charge is 0.254 e. The highest BCUT2D eigenvalue weighted by molar-refractivity contribution is 5.99. The number of carbonyl (C=O) groups excluding carboxylic acids is 1. The van der Waals surface area contributed by atoms with Crippen LogP contribution >= 0.6 is 0 Å². The number of morpholine rings is 1. The number of anilines is 3. The van der Waals surface area contributed by atoms with E-state index in [-0.39, 0.29) is 5.91 Å².